The molecule has 2 rings (SSSR count). The van der Waals surface area contributed by atoms with Crippen LogP contribution < -0.4 is 16.4 Å². The fraction of sp³-hybridized carbons (Fsp3) is 0.857. The minimum atomic E-state index is -0.806. The molecule has 2 saturated carbocycles. The molecule has 2 fully saturated rings. The van der Waals surface area contributed by atoms with Crippen molar-refractivity contribution >= 4 is 11.9 Å². The SMILES string of the molecule is CNC(CC1CCCC(NC2CC2)(C(=O)O)C1)C(N)=O. The lowest BCUT2D eigenvalue weighted by molar-refractivity contribution is -0.147. The van der Waals surface area contributed by atoms with Crippen LogP contribution in [0.4, 0.5) is 0 Å². The van der Waals surface area contributed by atoms with Crippen molar-refractivity contribution < 1.29 is 14.7 Å². The van der Waals surface area contributed by atoms with E-state index in [4.69, 9.17) is 5.73 Å². The van der Waals surface area contributed by atoms with Crippen LogP contribution in [0.25, 0.3) is 0 Å². The van der Waals surface area contributed by atoms with Crippen LogP contribution >= 0.6 is 0 Å². The van der Waals surface area contributed by atoms with E-state index >= 15 is 0 Å². The van der Waals surface area contributed by atoms with Gasteiger partial charge >= 0.3 is 5.97 Å². The van der Waals surface area contributed by atoms with Gasteiger partial charge in [0.15, 0.2) is 0 Å². The molecule has 5 N–H and O–H groups in total. The van der Waals surface area contributed by atoms with Gasteiger partial charge in [-0.1, -0.05) is 12.8 Å². The molecule has 0 aromatic rings. The third kappa shape index (κ3) is 3.49. The van der Waals surface area contributed by atoms with Gasteiger partial charge in [-0.3, -0.25) is 14.9 Å². The molecule has 20 heavy (non-hydrogen) atoms. The summed E-state index contributed by atoms with van der Waals surface area (Å²) in [5.41, 5.74) is 4.54. The fourth-order valence-electron chi connectivity index (χ4n) is 3.31. The van der Waals surface area contributed by atoms with Crippen molar-refractivity contribution in [3.05, 3.63) is 0 Å². The first-order chi connectivity index (χ1) is 9.47. The molecular formula is C14H25N3O3. The van der Waals surface area contributed by atoms with E-state index in [0.29, 0.717) is 25.3 Å². The van der Waals surface area contributed by atoms with Crippen LogP contribution in [0, 0.1) is 5.92 Å². The van der Waals surface area contributed by atoms with Gasteiger partial charge in [0, 0.05) is 6.04 Å². The van der Waals surface area contributed by atoms with Gasteiger partial charge in [-0.2, -0.15) is 0 Å². The van der Waals surface area contributed by atoms with E-state index in [0.717, 1.165) is 25.7 Å². The fourth-order valence-corrected chi connectivity index (χ4v) is 3.31. The smallest absolute Gasteiger partial charge is 0.323 e. The third-order valence-electron chi connectivity index (χ3n) is 4.58. The topological polar surface area (TPSA) is 104 Å². The van der Waals surface area contributed by atoms with Crippen molar-refractivity contribution in [3.8, 4) is 0 Å². The quantitative estimate of drug-likeness (QED) is 0.535. The van der Waals surface area contributed by atoms with Gasteiger partial charge < -0.3 is 16.2 Å². The third-order valence-corrected chi connectivity index (χ3v) is 4.58. The minimum absolute atomic E-state index is 0.219. The Hall–Kier alpha value is -1.14. The number of hydrogen-bond donors (Lipinski definition) is 4. The monoisotopic (exact) mass is 283 g/mol. The molecule has 0 bridgehead atoms. The van der Waals surface area contributed by atoms with Crippen LogP contribution in [0.3, 0.4) is 0 Å². The lowest BCUT2D eigenvalue weighted by atomic mass is 9.73. The molecule has 6 heteroatoms. The molecule has 0 radical (unpaired) electrons. The summed E-state index contributed by atoms with van der Waals surface area (Å²) < 4.78 is 0. The Balaban J connectivity index is 2.01. The number of amides is 1. The maximum atomic E-state index is 11.7. The molecule has 6 nitrogen and oxygen atoms in total. The van der Waals surface area contributed by atoms with Gasteiger partial charge in [0.2, 0.25) is 5.91 Å². The van der Waals surface area contributed by atoms with Crippen LogP contribution in [-0.4, -0.2) is 41.7 Å². The molecule has 0 aromatic carbocycles. The number of carbonyl (C=O) groups excluding carboxylic acids is 1. The zero-order valence-corrected chi connectivity index (χ0v) is 12.0. The van der Waals surface area contributed by atoms with Gasteiger partial charge in [0.1, 0.15) is 5.54 Å². The summed E-state index contributed by atoms with van der Waals surface area (Å²) in [6.07, 6.45) is 5.87. The van der Waals surface area contributed by atoms with Crippen molar-refractivity contribution in [3.63, 3.8) is 0 Å². The number of carboxylic acid groups (broad SMARTS) is 1. The van der Waals surface area contributed by atoms with Crippen molar-refractivity contribution in [2.24, 2.45) is 11.7 Å². The molecule has 2 aliphatic rings. The number of likely N-dealkylation sites (N-methyl/N-ethyl adjacent to an activating group) is 1. The molecule has 1 amide bonds. The van der Waals surface area contributed by atoms with Gasteiger partial charge in [0.05, 0.1) is 6.04 Å². The Morgan fingerprint density at radius 3 is 2.60 bits per heavy atom. The van der Waals surface area contributed by atoms with Crippen molar-refractivity contribution in [1.82, 2.24) is 10.6 Å². The Labute approximate surface area is 119 Å². The average Bonchev–Trinajstić information content (AvgIpc) is 3.19. The summed E-state index contributed by atoms with van der Waals surface area (Å²) in [7, 11) is 1.71. The summed E-state index contributed by atoms with van der Waals surface area (Å²) in [5.74, 6) is -0.903. The van der Waals surface area contributed by atoms with E-state index in [9.17, 15) is 14.7 Å². The highest BCUT2D eigenvalue weighted by atomic mass is 16.4. The molecule has 3 unspecified atom stereocenters. The van der Waals surface area contributed by atoms with E-state index in [-0.39, 0.29) is 17.9 Å². The molecule has 0 saturated heterocycles. The number of aliphatic carboxylic acids is 1. The molecule has 0 spiro atoms. The minimum Gasteiger partial charge on any atom is -0.480 e. The van der Waals surface area contributed by atoms with Crippen LogP contribution in [0.1, 0.15) is 44.9 Å². The van der Waals surface area contributed by atoms with Crippen LogP contribution in [0.2, 0.25) is 0 Å². The Bertz CT molecular complexity index is 384. The predicted octanol–water partition coefficient (Wildman–Crippen LogP) is 0.215. The van der Waals surface area contributed by atoms with Crippen molar-refractivity contribution in [2.75, 3.05) is 7.05 Å². The maximum absolute atomic E-state index is 11.7. The Morgan fingerprint density at radius 2 is 2.10 bits per heavy atom. The number of nitrogens with two attached hydrogens (primary N) is 1. The molecule has 0 aromatic heterocycles. The second kappa shape index (κ2) is 6.10. The standard InChI is InChI=1S/C14H25N3O3/c1-16-11(12(15)18)7-9-3-2-6-14(8-9,13(19)20)17-10-4-5-10/h9-11,16-17H,2-8H2,1H3,(H2,15,18)(H,19,20). The summed E-state index contributed by atoms with van der Waals surface area (Å²) in [4.78, 5) is 23.0. The van der Waals surface area contributed by atoms with E-state index in [1.807, 2.05) is 0 Å². The molecule has 0 heterocycles. The first-order valence-corrected chi connectivity index (χ1v) is 7.44. The number of nitrogens with one attached hydrogen (secondary N) is 2. The molecule has 2 aliphatic carbocycles. The van der Waals surface area contributed by atoms with Crippen LogP contribution in [-0.2, 0) is 9.59 Å². The lowest BCUT2D eigenvalue weighted by Gasteiger charge is -2.39. The number of primary amides is 1. The van der Waals surface area contributed by atoms with Crippen LogP contribution in [0.15, 0.2) is 0 Å². The normalized spacial score (nSPS) is 31.8. The molecule has 3 atom stereocenters. The highest BCUT2D eigenvalue weighted by Gasteiger charge is 2.46. The van der Waals surface area contributed by atoms with Crippen LogP contribution in [0.5, 0.6) is 0 Å². The molecule has 114 valence electrons. The second-order valence-corrected chi connectivity index (χ2v) is 6.25. The van der Waals surface area contributed by atoms with Gasteiger partial charge in [-0.05, 0) is 45.1 Å². The zero-order valence-electron chi connectivity index (χ0n) is 12.0. The lowest BCUT2D eigenvalue weighted by Crippen LogP contribution is -2.56. The first-order valence-electron chi connectivity index (χ1n) is 7.44. The largest absolute Gasteiger partial charge is 0.480 e. The molecular weight excluding hydrogens is 258 g/mol. The van der Waals surface area contributed by atoms with Crippen molar-refractivity contribution in [1.29, 1.82) is 0 Å². The van der Waals surface area contributed by atoms with Crippen molar-refractivity contribution in [2.45, 2.75) is 62.6 Å². The van der Waals surface area contributed by atoms with E-state index in [1.54, 1.807) is 7.05 Å². The second-order valence-electron chi connectivity index (χ2n) is 6.25. The maximum Gasteiger partial charge on any atom is 0.323 e. The van der Waals surface area contributed by atoms with Gasteiger partial charge in [-0.25, -0.2) is 0 Å². The summed E-state index contributed by atoms with van der Waals surface area (Å²) in [6, 6.07) is -0.00777. The average molecular weight is 283 g/mol. The number of carboxylic acids is 1. The number of hydrogen-bond acceptors (Lipinski definition) is 4. The van der Waals surface area contributed by atoms with Gasteiger partial charge in [0.25, 0.3) is 0 Å². The van der Waals surface area contributed by atoms with E-state index in [2.05, 4.69) is 10.6 Å². The van der Waals surface area contributed by atoms with E-state index in [1.165, 1.54) is 0 Å². The highest BCUT2D eigenvalue weighted by molar-refractivity contribution is 5.80. The first kappa shape index (κ1) is 15.3. The molecule has 0 aliphatic heterocycles. The highest BCUT2D eigenvalue weighted by Crippen LogP contribution is 2.37. The zero-order chi connectivity index (χ0) is 14.8. The predicted molar refractivity (Wildman–Crippen MR) is 75.1 cm³/mol. The summed E-state index contributed by atoms with van der Waals surface area (Å²) >= 11 is 0. The summed E-state index contributed by atoms with van der Waals surface area (Å²) in [5, 5.41) is 15.9. The Kier molecular flexibility index (Phi) is 4.65. The summed E-state index contributed by atoms with van der Waals surface area (Å²) in [6.45, 7) is 0. The number of rotatable bonds is 7. The Morgan fingerprint density at radius 1 is 1.40 bits per heavy atom. The van der Waals surface area contributed by atoms with Gasteiger partial charge in [-0.15, -0.1) is 0 Å². The number of carbonyl (C=O) groups is 2. The van der Waals surface area contributed by atoms with E-state index < -0.39 is 11.5 Å².